The zero-order valence-corrected chi connectivity index (χ0v) is 13.9. The molecule has 0 aromatic carbocycles. The van der Waals surface area contributed by atoms with E-state index in [-0.39, 0.29) is 12.2 Å². The number of pyridine rings is 3. The van der Waals surface area contributed by atoms with Gasteiger partial charge in [0.05, 0.1) is 29.1 Å². The lowest BCUT2D eigenvalue weighted by Crippen LogP contribution is -2.46. The molecule has 3 aromatic rings. The normalized spacial score (nSPS) is 21.2. The third-order valence-electron chi connectivity index (χ3n) is 4.23. The molecule has 4 heterocycles. The van der Waals surface area contributed by atoms with Crippen molar-refractivity contribution < 1.29 is 4.74 Å². The summed E-state index contributed by atoms with van der Waals surface area (Å²) in [5.41, 5.74) is 2.65. The van der Waals surface area contributed by atoms with Crippen LogP contribution in [0.25, 0.3) is 22.3 Å². The standard InChI is InChI=1S/C19H20N4O/c1-13-11-23(12-14(2)24-13)19-15-6-5-9-21-17(15)10-18(22-19)16-7-3-4-8-20-16/h3-10,13-14H,11-12H2,1-2H3/t13-,14+. The quantitative estimate of drug-likeness (QED) is 0.725. The van der Waals surface area contributed by atoms with E-state index in [0.29, 0.717) is 0 Å². The molecule has 0 N–H and O–H groups in total. The van der Waals surface area contributed by atoms with E-state index < -0.39 is 0 Å². The van der Waals surface area contributed by atoms with E-state index in [4.69, 9.17) is 9.72 Å². The summed E-state index contributed by atoms with van der Waals surface area (Å²) < 4.78 is 5.87. The fourth-order valence-corrected chi connectivity index (χ4v) is 3.30. The van der Waals surface area contributed by atoms with Gasteiger partial charge in [-0.2, -0.15) is 0 Å². The molecule has 24 heavy (non-hydrogen) atoms. The molecule has 5 nitrogen and oxygen atoms in total. The summed E-state index contributed by atoms with van der Waals surface area (Å²) in [5, 5.41) is 1.07. The molecule has 3 aromatic heterocycles. The van der Waals surface area contributed by atoms with Crippen LogP contribution in [0.15, 0.2) is 48.8 Å². The van der Waals surface area contributed by atoms with Gasteiger partial charge in [-0.05, 0) is 44.2 Å². The Morgan fingerprint density at radius 2 is 1.75 bits per heavy atom. The third kappa shape index (κ3) is 2.83. The Hall–Kier alpha value is -2.53. The summed E-state index contributed by atoms with van der Waals surface area (Å²) in [6.07, 6.45) is 3.97. The molecule has 1 aliphatic rings. The second kappa shape index (κ2) is 6.17. The number of hydrogen-bond donors (Lipinski definition) is 0. The van der Waals surface area contributed by atoms with Crippen molar-refractivity contribution >= 4 is 16.7 Å². The SMILES string of the molecule is C[C@@H]1CN(c2nc(-c3ccccn3)cc3ncccc23)C[C@H](C)O1. The van der Waals surface area contributed by atoms with Crippen LogP contribution in [0, 0.1) is 0 Å². The van der Waals surface area contributed by atoms with Crippen molar-refractivity contribution in [2.24, 2.45) is 0 Å². The molecule has 0 unspecified atom stereocenters. The van der Waals surface area contributed by atoms with Crippen LogP contribution in [-0.4, -0.2) is 40.2 Å². The molecule has 0 amide bonds. The number of rotatable bonds is 2. The highest BCUT2D eigenvalue weighted by molar-refractivity contribution is 5.92. The van der Waals surface area contributed by atoms with E-state index in [2.05, 4.69) is 34.8 Å². The minimum atomic E-state index is 0.181. The number of ether oxygens (including phenoxy) is 1. The molecule has 1 saturated heterocycles. The predicted molar refractivity (Wildman–Crippen MR) is 95.0 cm³/mol. The van der Waals surface area contributed by atoms with Gasteiger partial charge in [0.2, 0.25) is 0 Å². The lowest BCUT2D eigenvalue weighted by molar-refractivity contribution is -0.00536. The lowest BCUT2D eigenvalue weighted by atomic mass is 10.1. The zero-order chi connectivity index (χ0) is 16.5. The first-order valence-corrected chi connectivity index (χ1v) is 8.28. The van der Waals surface area contributed by atoms with Crippen LogP contribution in [0.3, 0.4) is 0 Å². The average molecular weight is 320 g/mol. The fraction of sp³-hybridized carbons (Fsp3) is 0.316. The van der Waals surface area contributed by atoms with Crippen molar-refractivity contribution in [2.45, 2.75) is 26.1 Å². The molecule has 1 aliphatic heterocycles. The van der Waals surface area contributed by atoms with Gasteiger partial charge in [-0.25, -0.2) is 4.98 Å². The van der Waals surface area contributed by atoms with Crippen LogP contribution in [0.4, 0.5) is 5.82 Å². The molecule has 0 radical (unpaired) electrons. The Morgan fingerprint density at radius 3 is 2.50 bits per heavy atom. The molecule has 0 saturated carbocycles. The van der Waals surface area contributed by atoms with Crippen LogP contribution in [-0.2, 0) is 4.74 Å². The van der Waals surface area contributed by atoms with E-state index in [1.165, 1.54) is 0 Å². The van der Waals surface area contributed by atoms with Gasteiger partial charge in [-0.1, -0.05) is 6.07 Å². The maximum Gasteiger partial charge on any atom is 0.138 e. The van der Waals surface area contributed by atoms with Gasteiger partial charge in [0.15, 0.2) is 0 Å². The van der Waals surface area contributed by atoms with Crippen molar-refractivity contribution in [1.29, 1.82) is 0 Å². The van der Waals surface area contributed by atoms with Crippen molar-refractivity contribution in [3.05, 3.63) is 48.8 Å². The molecule has 0 bridgehead atoms. The molecule has 5 heteroatoms. The Bertz CT molecular complexity index is 842. The Balaban J connectivity index is 1.87. The lowest BCUT2D eigenvalue weighted by Gasteiger charge is -2.36. The van der Waals surface area contributed by atoms with Gasteiger partial charge in [0.1, 0.15) is 5.82 Å². The van der Waals surface area contributed by atoms with E-state index in [1.807, 2.05) is 36.5 Å². The number of hydrogen-bond acceptors (Lipinski definition) is 5. The van der Waals surface area contributed by atoms with E-state index >= 15 is 0 Å². The number of aromatic nitrogens is 3. The molecule has 4 rings (SSSR count). The molecule has 0 spiro atoms. The first-order valence-electron chi connectivity index (χ1n) is 8.28. The van der Waals surface area contributed by atoms with Gasteiger partial charge >= 0.3 is 0 Å². The Morgan fingerprint density at radius 1 is 0.958 bits per heavy atom. The monoisotopic (exact) mass is 320 g/mol. The van der Waals surface area contributed by atoms with Gasteiger partial charge in [-0.15, -0.1) is 0 Å². The first-order chi connectivity index (χ1) is 11.7. The number of morpholine rings is 1. The van der Waals surface area contributed by atoms with E-state index in [1.54, 1.807) is 6.20 Å². The summed E-state index contributed by atoms with van der Waals surface area (Å²) in [5.74, 6) is 0.961. The number of fused-ring (bicyclic) bond motifs is 1. The summed E-state index contributed by atoms with van der Waals surface area (Å²) in [7, 11) is 0. The summed E-state index contributed by atoms with van der Waals surface area (Å²) in [6.45, 7) is 5.86. The van der Waals surface area contributed by atoms with Crippen LogP contribution in [0.2, 0.25) is 0 Å². The molecular formula is C19H20N4O. The van der Waals surface area contributed by atoms with Crippen LogP contribution in [0.1, 0.15) is 13.8 Å². The minimum absolute atomic E-state index is 0.181. The molecule has 2 atom stereocenters. The van der Waals surface area contributed by atoms with Gasteiger partial charge in [-0.3, -0.25) is 9.97 Å². The summed E-state index contributed by atoms with van der Waals surface area (Å²) in [6, 6.07) is 11.9. The van der Waals surface area contributed by atoms with Gasteiger partial charge in [0.25, 0.3) is 0 Å². The van der Waals surface area contributed by atoms with Crippen LogP contribution >= 0.6 is 0 Å². The van der Waals surface area contributed by atoms with Crippen molar-refractivity contribution in [3.63, 3.8) is 0 Å². The number of anilines is 1. The van der Waals surface area contributed by atoms with E-state index in [0.717, 1.165) is 41.2 Å². The van der Waals surface area contributed by atoms with E-state index in [9.17, 15) is 0 Å². The number of nitrogens with zero attached hydrogens (tertiary/aromatic N) is 4. The summed E-state index contributed by atoms with van der Waals surface area (Å²) in [4.78, 5) is 16.2. The second-order valence-corrected chi connectivity index (χ2v) is 6.28. The maximum absolute atomic E-state index is 5.87. The smallest absolute Gasteiger partial charge is 0.138 e. The highest BCUT2D eigenvalue weighted by Crippen LogP contribution is 2.30. The average Bonchev–Trinajstić information content (AvgIpc) is 2.60. The topological polar surface area (TPSA) is 51.1 Å². The third-order valence-corrected chi connectivity index (χ3v) is 4.23. The Kier molecular flexibility index (Phi) is 3.86. The maximum atomic E-state index is 5.87. The second-order valence-electron chi connectivity index (χ2n) is 6.28. The van der Waals surface area contributed by atoms with Crippen LogP contribution < -0.4 is 4.90 Å². The van der Waals surface area contributed by atoms with Crippen molar-refractivity contribution in [3.8, 4) is 11.4 Å². The van der Waals surface area contributed by atoms with Gasteiger partial charge in [0, 0.05) is 30.9 Å². The Labute approximate surface area is 141 Å². The molecule has 0 aliphatic carbocycles. The zero-order valence-electron chi connectivity index (χ0n) is 13.9. The predicted octanol–water partition coefficient (Wildman–Crippen LogP) is 3.31. The van der Waals surface area contributed by atoms with Crippen molar-refractivity contribution in [2.75, 3.05) is 18.0 Å². The summed E-state index contributed by atoms with van der Waals surface area (Å²) >= 11 is 0. The molecule has 122 valence electrons. The van der Waals surface area contributed by atoms with Crippen LogP contribution in [0.5, 0.6) is 0 Å². The van der Waals surface area contributed by atoms with Crippen molar-refractivity contribution in [1.82, 2.24) is 15.0 Å². The molecular weight excluding hydrogens is 300 g/mol. The highest BCUT2D eigenvalue weighted by Gasteiger charge is 2.25. The minimum Gasteiger partial charge on any atom is -0.372 e. The fourth-order valence-electron chi connectivity index (χ4n) is 3.30. The van der Waals surface area contributed by atoms with Gasteiger partial charge < -0.3 is 9.64 Å². The first kappa shape index (κ1) is 15.0. The molecule has 1 fully saturated rings. The largest absolute Gasteiger partial charge is 0.372 e. The highest BCUT2D eigenvalue weighted by atomic mass is 16.5.